The van der Waals surface area contributed by atoms with Crippen molar-refractivity contribution in [3.63, 3.8) is 0 Å². The summed E-state index contributed by atoms with van der Waals surface area (Å²) >= 11 is 0. The lowest BCUT2D eigenvalue weighted by atomic mass is 9.93. The lowest BCUT2D eigenvalue weighted by Crippen LogP contribution is -2.15. The first-order valence-corrected chi connectivity index (χ1v) is 4.24. The molecule has 0 aromatic heterocycles. The van der Waals surface area contributed by atoms with Crippen molar-refractivity contribution in [2.24, 2.45) is 0 Å². The van der Waals surface area contributed by atoms with Gasteiger partial charge in [-0.3, -0.25) is 4.79 Å². The molecule has 0 spiro atoms. The highest BCUT2D eigenvalue weighted by atomic mass is 16.2. The van der Waals surface area contributed by atoms with Crippen molar-refractivity contribution in [2.75, 3.05) is 0 Å². The Morgan fingerprint density at radius 3 is 3.00 bits per heavy atom. The minimum absolute atomic E-state index is 0.0527. The van der Waals surface area contributed by atoms with Gasteiger partial charge in [-0.15, -0.1) is 0 Å². The van der Waals surface area contributed by atoms with Gasteiger partial charge in [0.15, 0.2) is 0 Å². The van der Waals surface area contributed by atoms with Crippen molar-refractivity contribution < 1.29 is 9.90 Å². The van der Waals surface area contributed by atoms with Crippen LogP contribution in [0.2, 0.25) is 0 Å². The summed E-state index contributed by atoms with van der Waals surface area (Å²) < 4.78 is 0. The first-order valence-electron chi connectivity index (χ1n) is 4.24. The standard InChI is InChI=1S/C10H11NO2/c1-6-2-7(5-12)3-9-8(6)4-10(13)11-9/h2,5,12H,3-4H2,1H3,(H,11,13). The summed E-state index contributed by atoms with van der Waals surface area (Å²) in [6.45, 7) is 1.96. The molecule has 1 aliphatic heterocycles. The van der Waals surface area contributed by atoms with Crippen LogP contribution in [0.3, 0.4) is 0 Å². The van der Waals surface area contributed by atoms with E-state index in [0.717, 1.165) is 28.7 Å². The Balaban J connectivity index is 2.36. The van der Waals surface area contributed by atoms with E-state index in [1.54, 1.807) is 0 Å². The average Bonchev–Trinajstić information content (AvgIpc) is 2.46. The molecule has 2 rings (SSSR count). The SMILES string of the molecule is CC1=CC(=CO)CC2=C1CC(=O)N2. The number of carbonyl (C=O) groups excluding carboxylic acids is 1. The Morgan fingerprint density at radius 2 is 2.31 bits per heavy atom. The maximum atomic E-state index is 11.1. The number of aliphatic hydroxyl groups excluding tert-OH is 1. The van der Waals surface area contributed by atoms with Crippen LogP contribution in [0.1, 0.15) is 19.8 Å². The fourth-order valence-corrected chi connectivity index (χ4v) is 1.79. The molecule has 13 heavy (non-hydrogen) atoms. The Morgan fingerprint density at radius 1 is 1.54 bits per heavy atom. The van der Waals surface area contributed by atoms with Gasteiger partial charge in [0.1, 0.15) is 0 Å². The zero-order valence-electron chi connectivity index (χ0n) is 7.42. The molecule has 0 aromatic rings. The highest BCUT2D eigenvalue weighted by molar-refractivity contribution is 5.86. The van der Waals surface area contributed by atoms with E-state index in [-0.39, 0.29) is 5.91 Å². The van der Waals surface area contributed by atoms with Gasteiger partial charge < -0.3 is 10.4 Å². The second-order valence-electron chi connectivity index (χ2n) is 3.39. The normalized spacial score (nSPS) is 24.5. The third-order valence-corrected chi connectivity index (χ3v) is 2.42. The van der Waals surface area contributed by atoms with Crippen molar-refractivity contribution in [3.8, 4) is 0 Å². The van der Waals surface area contributed by atoms with E-state index in [2.05, 4.69) is 5.32 Å². The molecule has 0 unspecified atom stereocenters. The zero-order valence-corrected chi connectivity index (χ0v) is 7.42. The molecule has 2 aliphatic rings. The van der Waals surface area contributed by atoms with Crippen molar-refractivity contribution in [3.05, 3.63) is 34.8 Å². The van der Waals surface area contributed by atoms with E-state index in [1.165, 1.54) is 0 Å². The molecule has 1 heterocycles. The van der Waals surface area contributed by atoms with Gasteiger partial charge in [0.05, 0.1) is 12.7 Å². The molecular weight excluding hydrogens is 166 g/mol. The van der Waals surface area contributed by atoms with Gasteiger partial charge in [-0.05, 0) is 23.6 Å². The van der Waals surface area contributed by atoms with Gasteiger partial charge in [0, 0.05) is 12.1 Å². The van der Waals surface area contributed by atoms with Crippen LogP contribution >= 0.6 is 0 Å². The topological polar surface area (TPSA) is 49.3 Å². The zero-order chi connectivity index (χ0) is 9.42. The number of rotatable bonds is 0. The van der Waals surface area contributed by atoms with Crippen molar-refractivity contribution in [1.82, 2.24) is 5.32 Å². The largest absolute Gasteiger partial charge is 0.515 e. The quantitative estimate of drug-likeness (QED) is 0.551. The number of nitrogens with one attached hydrogen (secondary N) is 1. The van der Waals surface area contributed by atoms with E-state index in [4.69, 9.17) is 5.11 Å². The summed E-state index contributed by atoms with van der Waals surface area (Å²) in [5.74, 6) is 0.0527. The molecule has 0 aromatic carbocycles. The lowest BCUT2D eigenvalue weighted by Gasteiger charge is -2.13. The first kappa shape index (κ1) is 8.10. The van der Waals surface area contributed by atoms with Crippen LogP contribution < -0.4 is 5.32 Å². The highest BCUT2D eigenvalue weighted by Gasteiger charge is 2.25. The van der Waals surface area contributed by atoms with Gasteiger partial charge in [-0.1, -0.05) is 6.08 Å². The molecule has 0 fully saturated rings. The van der Waals surface area contributed by atoms with Gasteiger partial charge in [-0.2, -0.15) is 0 Å². The van der Waals surface area contributed by atoms with Gasteiger partial charge in [0.25, 0.3) is 0 Å². The highest BCUT2D eigenvalue weighted by Crippen LogP contribution is 2.32. The molecule has 68 valence electrons. The van der Waals surface area contributed by atoms with Gasteiger partial charge in [0.2, 0.25) is 5.91 Å². The van der Waals surface area contributed by atoms with Crippen LogP contribution in [0.5, 0.6) is 0 Å². The number of aliphatic hydroxyl groups is 1. The fourth-order valence-electron chi connectivity index (χ4n) is 1.79. The van der Waals surface area contributed by atoms with Crippen molar-refractivity contribution in [1.29, 1.82) is 0 Å². The average molecular weight is 177 g/mol. The monoisotopic (exact) mass is 177 g/mol. The molecule has 0 bridgehead atoms. The van der Waals surface area contributed by atoms with E-state index in [1.807, 2.05) is 13.0 Å². The Hall–Kier alpha value is -1.51. The predicted octanol–water partition coefficient (Wildman–Crippen LogP) is 1.55. The number of hydrogen-bond donors (Lipinski definition) is 2. The summed E-state index contributed by atoms with van der Waals surface area (Å²) in [6.07, 6.45) is 4.13. The molecular formula is C10H11NO2. The summed E-state index contributed by atoms with van der Waals surface area (Å²) in [5, 5.41) is 11.7. The lowest BCUT2D eigenvalue weighted by molar-refractivity contribution is -0.118. The minimum atomic E-state index is 0.0527. The second-order valence-corrected chi connectivity index (χ2v) is 3.39. The van der Waals surface area contributed by atoms with Crippen LogP contribution in [-0.4, -0.2) is 11.0 Å². The van der Waals surface area contributed by atoms with Crippen LogP contribution in [0.4, 0.5) is 0 Å². The Kier molecular flexibility index (Phi) is 1.72. The van der Waals surface area contributed by atoms with E-state index in [0.29, 0.717) is 12.8 Å². The molecule has 3 nitrogen and oxygen atoms in total. The number of hydrogen-bond acceptors (Lipinski definition) is 2. The predicted molar refractivity (Wildman–Crippen MR) is 48.9 cm³/mol. The minimum Gasteiger partial charge on any atom is -0.515 e. The van der Waals surface area contributed by atoms with Crippen molar-refractivity contribution >= 4 is 5.91 Å². The third-order valence-electron chi connectivity index (χ3n) is 2.42. The van der Waals surface area contributed by atoms with Crippen LogP contribution in [0.25, 0.3) is 0 Å². The number of carbonyl (C=O) groups is 1. The molecule has 1 amide bonds. The fraction of sp³-hybridized carbons (Fsp3) is 0.300. The van der Waals surface area contributed by atoms with Crippen LogP contribution in [-0.2, 0) is 4.79 Å². The van der Waals surface area contributed by atoms with E-state index in [9.17, 15) is 4.79 Å². The number of allylic oxidation sites excluding steroid dienone is 3. The Bertz CT molecular complexity index is 361. The first-order chi connectivity index (χ1) is 6.20. The molecule has 2 N–H and O–H groups in total. The van der Waals surface area contributed by atoms with Crippen LogP contribution in [0.15, 0.2) is 34.8 Å². The molecule has 3 heteroatoms. The van der Waals surface area contributed by atoms with Gasteiger partial charge in [-0.25, -0.2) is 0 Å². The summed E-state index contributed by atoms with van der Waals surface area (Å²) in [7, 11) is 0. The van der Waals surface area contributed by atoms with Crippen LogP contribution in [0, 0.1) is 0 Å². The molecule has 1 aliphatic carbocycles. The van der Waals surface area contributed by atoms with E-state index >= 15 is 0 Å². The summed E-state index contributed by atoms with van der Waals surface area (Å²) in [5.41, 5.74) is 3.96. The summed E-state index contributed by atoms with van der Waals surface area (Å²) in [4.78, 5) is 11.1. The molecule has 0 saturated heterocycles. The molecule has 0 saturated carbocycles. The maximum absolute atomic E-state index is 11.1. The maximum Gasteiger partial charge on any atom is 0.228 e. The smallest absolute Gasteiger partial charge is 0.228 e. The third kappa shape index (κ3) is 1.26. The molecule has 0 atom stereocenters. The molecule has 0 radical (unpaired) electrons. The van der Waals surface area contributed by atoms with E-state index < -0.39 is 0 Å². The van der Waals surface area contributed by atoms with Gasteiger partial charge >= 0.3 is 0 Å². The Labute approximate surface area is 76.4 Å². The number of amides is 1. The van der Waals surface area contributed by atoms with Crippen molar-refractivity contribution in [2.45, 2.75) is 19.8 Å². The summed E-state index contributed by atoms with van der Waals surface area (Å²) in [6, 6.07) is 0. The second kappa shape index (κ2) is 2.76.